The van der Waals surface area contributed by atoms with E-state index in [0.717, 1.165) is 17.6 Å². The third kappa shape index (κ3) is 0.893. The van der Waals surface area contributed by atoms with Crippen molar-refractivity contribution in [3.63, 3.8) is 0 Å². The maximum atomic E-state index is 11.5. The van der Waals surface area contributed by atoms with Gasteiger partial charge in [0.05, 0.1) is 0 Å². The van der Waals surface area contributed by atoms with E-state index in [1.165, 1.54) is 0 Å². The molecule has 1 nitrogen and oxygen atoms in total. The Labute approximate surface area is 77.1 Å². The molecule has 0 N–H and O–H groups in total. The number of allylic oxidation sites excluding steroid dienone is 4. The van der Waals surface area contributed by atoms with Crippen molar-refractivity contribution in [2.45, 2.75) is 13.3 Å². The zero-order valence-corrected chi connectivity index (χ0v) is 7.77. The Bertz CT molecular complexity index is 288. The lowest BCUT2D eigenvalue weighted by Crippen LogP contribution is -2.37. The van der Waals surface area contributed by atoms with Gasteiger partial charge in [0.25, 0.3) is 0 Å². The third-order valence-corrected chi connectivity index (χ3v) is 3.16. The second kappa shape index (κ2) is 2.74. The SMILES string of the molecule is C/C(CCl)=C1/C(=O)C2CC=CC12. The number of fused-ring (bicyclic) bond motifs is 1. The first-order valence-corrected chi connectivity index (χ1v) is 4.75. The summed E-state index contributed by atoms with van der Waals surface area (Å²) in [6, 6.07) is 0. The fourth-order valence-corrected chi connectivity index (χ4v) is 2.20. The second-order valence-electron chi connectivity index (χ2n) is 3.49. The van der Waals surface area contributed by atoms with Crippen LogP contribution in [-0.2, 0) is 4.79 Å². The van der Waals surface area contributed by atoms with Crippen molar-refractivity contribution in [2.75, 3.05) is 5.88 Å². The van der Waals surface area contributed by atoms with Crippen LogP contribution in [0.25, 0.3) is 0 Å². The first-order chi connectivity index (χ1) is 5.75. The molecule has 2 rings (SSSR count). The van der Waals surface area contributed by atoms with Gasteiger partial charge < -0.3 is 0 Å². The Hall–Kier alpha value is -0.560. The van der Waals surface area contributed by atoms with Gasteiger partial charge in [-0.3, -0.25) is 4.79 Å². The number of hydrogen-bond donors (Lipinski definition) is 0. The van der Waals surface area contributed by atoms with Gasteiger partial charge in [-0.15, -0.1) is 11.6 Å². The maximum Gasteiger partial charge on any atom is 0.163 e. The van der Waals surface area contributed by atoms with Crippen LogP contribution in [0.5, 0.6) is 0 Å². The third-order valence-electron chi connectivity index (χ3n) is 2.76. The van der Waals surface area contributed by atoms with Gasteiger partial charge in [0.1, 0.15) is 0 Å². The molecule has 0 aliphatic heterocycles. The molecule has 0 heterocycles. The molecule has 2 unspecified atom stereocenters. The molecular formula is C10H11ClO. The van der Waals surface area contributed by atoms with Crippen molar-refractivity contribution >= 4 is 17.4 Å². The molecule has 0 aromatic carbocycles. The summed E-state index contributed by atoms with van der Waals surface area (Å²) in [7, 11) is 0. The molecule has 2 aliphatic carbocycles. The van der Waals surface area contributed by atoms with Gasteiger partial charge in [-0.05, 0) is 13.3 Å². The molecule has 12 heavy (non-hydrogen) atoms. The van der Waals surface area contributed by atoms with Crippen LogP contribution in [-0.4, -0.2) is 11.7 Å². The van der Waals surface area contributed by atoms with Gasteiger partial charge in [0.15, 0.2) is 5.78 Å². The average molecular weight is 183 g/mol. The summed E-state index contributed by atoms with van der Waals surface area (Å²) < 4.78 is 0. The van der Waals surface area contributed by atoms with E-state index in [2.05, 4.69) is 12.2 Å². The smallest absolute Gasteiger partial charge is 0.163 e. The Balaban J connectivity index is 2.30. The molecule has 2 aliphatic rings. The van der Waals surface area contributed by atoms with Crippen LogP contribution in [0, 0.1) is 11.8 Å². The highest BCUT2D eigenvalue weighted by atomic mass is 35.5. The summed E-state index contributed by atoms with van der Waals surface area (Å²) in [4.78, 5) is 11.5. The summed E-state index contributed by atoms with van der Waals surface area (Å²) in [5.74, 6) is 1.47. The van der Waals surface area contributed by atoms with Crippen LogP contribution in [0.1, 0.15) is 13.3 Å². The average Bonchev–Trinajstić information content (AvgIpc) is 2.48. The number of hydrogen-bond acceptors (Lipinski definition) is 1. The van der Waals surface area contributed by atoms with Crippen molar-refractivity contribution in [3.8, 4) is 0 Å². The van der Waals surface area contributed by atoms with Gasteiger partial charge in [0, 0.05) is 23.3 Å². The van der Waals surface area contributed by atoms with Crippen molar-refractivity contribution < 1.29 is 4.79 Å². The zero-order chi connectivity index (χ0) is 8.72. The zero-order valence-electron chi connectivity index (χ0n) is 7.01. The Morgan fingerprint density at radius 1 is 1.75 bits per heavy atom. The number of halogens is 1. The Kier molecular flexibility index (Phi) is 1.84. The van der Waals surface area contributed by atoms with E-state index in [1.54, 1.807) is 0 Å². The summed E-state index contributed by atoms with van der Waals surface area (Å²) in [6.07, 6.45) is 5.17. The van der Waals surface area contributed by atoms with Crippen LogP contribution >= 0.6 is 11.6 Å². The minimum Gasteiger partial charge on any atom is -0.294 e. The molecule has 0 aromatic rings. The maximum absolute atomic E-state index is 11.5. The lowest BCUT2D eigenvalue weighted by atomic mass is 9.68. The second-order valence-corrected chi connectivity index (χ2v) is 3.76. The molecule has 0 amide bonds. The van der Waals surface area contributed by atoms with E-state index in [0.29, 0.717) is 17.6 Å². The van der Waals surface area contributed by atoms with Crippen molar-refractivity contribution in [3.05, 3.63) is 23.3 Å². The minimum absolute atomic E-state index is 0.262. The molecule has 64 valence electrons. The van der Waals surface area contributed by atoms with Gasteiger partial charge in [-0.25, -0.2) is 0 Å². The van der Waals surface area contributed by atoms with E-state index in [-0.39, 0.29) is 5.92 Å². The predicted octanol–water partition coefficient (Wildman–Crippen LogP) is 2.32. The lowest BCUT2D eigenvalue weighted by molar-refractivity contribution is -0.124. The fourth-order valence-electron chi connectivity index (χ4n) is 2.05. The summed E-state index contributed by atoms with van der Waals surface area (Å²) in [5.41, 5.74) is 2.03. The van der Waals surface area contributed by atoms with E-state index in [4.69, 9.17) is 11.6 Å². The Morgan fingerprint density at radius 3 is 3.17 bits per heavy atom. The number of Topliss-reactive ketones (excluding diaryl/α,β-unsaturated/α-hetero) is 1. The largest absolute Gasteiger partial charge is 0.294 e. The molecular weight excluding hydrogens is 172 g/mol. The van der Waals surface area contributed by atoms with Crippen molar-refractivity contribution in [2.24, 2.45) is 11.8 Å². The highest BCUT2D eigenvalue weighted by molar-refractivity contribution is 6.20. The van der Waals surface area contributed by atoms with E-state index in [9.17, 15) is 4.79 Å². The van der Waals surface area contributed by atoms with E-state index in [1.807, 2.05) is 6.92 Å². The monoisotopic (exact) mass is 182 g/mol. The first kappa shape index (κ1) is 8.06. The van der Waals surface area contributed by atoms with Crippen LogP contribution in [0.3, 0.4) is 0 Å². The van der Waals surface area contributed by atoms with Gasteiger partial charge in [-0.2, -0.15) is 0 Å². The van der Waals surface area contributed by atoms with Crippen LogP contribution in [0.4, 0.5) is 0 Å². The first-order valence-electron chi connectivity index (χ1n) is 4.22. The predicted molar refractivity (Wildman–Crippen MR) is 49.2 cm³/mol. The van der Waals surface area contributed by atoms with Gasteiger partial charge >= 0.3 is 0 Å². The number of ketones is 1. The van der Waals surface area contributed by atoms with Gasteiger partial charge in [-0.1, -0.05) is 17.7 Å². The minimum atomic E-state index is 0.262. The Morgan fingerprint density at radius 2 is 2.50 bits per heavy atom. The number of carbonyl (C=O) groups is 1. The molecule has 0 bridgehead atoms. The summed E-state index contributed by atoms with van der Waals surface area (Å²) >= 11 is 5.68. The quantitative estimate of drug-likeness (QED) is 0.346. The normalized spacial score (nSPS) is 36.3. The summed E-state index contributed by atoms with van der Waals surface area (Å²) in [5, 5.41) is 0. The van der Waals surface area contributed by atoms with Crippen molar-refractivity contribution in [1.29, 1.82) is 0 Å². The number of alkyl halides is 1. The number of rotatable bonds is 1. The fraction of sp³-hybridized carbons (Fsp3) is 0.500. The standard InChI is InChI=1S/C10H11ClO/c1-6(5-11)9-7-3-2-4-8(7)10(9)12/h2-3,7-8H,4-5H2,1H3/b9-6-. The molecule has 2 heteroatoms. The van der Waals surface area contributed by atoms with Crippen molar-refractivity contribution in [1.82, 2.24) is 0 Å². The highest BCUT2D eigenvalue weighted by Crippen LogP contribution is 2.45. The lowest BCUT2D eigenvalue weighted by Gasteiger charge is -2.33. The van der Waals surface area contributed by atoms with Crippen LogP contribution < -0.4 is 0 Å². The number of carbonyl (C=O) groups excluding carboxylic acids is 1. The molecule has 1 fully saturated rings. The molecule has 0 spiro atoms. The topological polar surface area (TPSA) is 17.1 Å². The highest BCUT2D eigenvalue weighted by Gasteiger charge is 2.45. The summed E-state index contributed by atoms with van der Waals surface area (Å²) in [6.45, 7) is 1.95. The molecule has 0 saturated heterocycles. The van der Waals surface area contributed by atoms with E-state index >= 15 is 0 Å². The molecule has 2 atom stereocenters. The van der Waals surface area contributed by atoms with Crippen LogP contribution in [0.15, 0.2) is 23.3 Å². The van der Waals surface area contributed by atoms with E-state index < -0.39 is 0 Å². The van der Waals surface area contributed by atoms with Gasteiger partial charge in [0.2, 0.25) is 0 Å². The van der Waals surface area contributed by atoms with Crippen LogP contribution in [0.2, 0.25) is 0 Å². The molecule has 1 saturated carbocycles. The molecule has 0 aromatic heterocycles. The molecule has 0 radical (unpaired) electrons.